The van der Waals surface area contributed by atoms with E-state index in [1.165, 1.54) is 11.4 Å². The quantitative estimate of drug-likeness (QED) is 0.745. The van der Waals surface area contributed by atoms with Crippen molar-refractivity contribution in [2.45, 2.75) is 0 Å². The van der Waals surface area contributed by atoms with E-state index in [1.54, 1.807) is 0 Å². The van der Waals surface area contributed by atoms with Crippen LogP contribution in [0.1, 0.15) is 0 Å². The normalized spacial score (nSPS) is 16.9. The Kier molecular flexibility index (Phi) is 3.22. The van der Waals surface area contributed by atoms with Crippen molar-refractivity contribution in [1.82, 2.24) is 0 Å². The van der Waals surface area contributed by atoms with Crippen molar-refractivity contribution in [3.05, 3.63) is 24.3 Å². The molecule has 0 unspecified atom stereocenters. The van der Waals surface area contributed by atoms with Crippen LogP contribution in [0.2, 0.25) is 0 Å². The van der Waals surface area contributed by atoms with E-state index in [9.17, 15) is 0 Å². The Bertz CT molecular complexity index is 300. The monoisotopic (exact) mass is 212 g/mol. The number of benzene rings is 1. The van der Waals surface area contributed by atoms with Crippen molar-refractivity contribution < 1.29 is 4.74 Å². The van der Waals surface area contributed by atoms with Crippen LogP contribution >= 0.6 is 9.39 Å². The molecule has 1 saturated heterocycles. The molecule has 0 spiro atoms. The van der Waals surface area contributed by atoms with Gasteiger partial charge in [0.25, 0.3) is 0 Å². The minimum absolute atomic E-state index is 0.843. The Hall–Kier alpha value is -0.790. The second-order valence-electron chi connectivity index (χ2n) is 3.37. The van der Waals surface area contributed by atoms with Crippen LogP contribution in [0, 0.1) is 0 Å². The second kappa shape index (κ2) is 4.63. The summed E-state index contributed by atoms with van der Waals surface area (Å²) in [6.45, 7) is 3.69. The Morgan fingerprint density at radius 2 is 1.93 bits per heavy atom. The first-order valence-corrected chi connectivity index (χ1v) is 6.01. The molecule has 2 rings (SSSR count). The van der Waals surface area contributed by atoms with Crippen molar-refractivity contribution in [3.63, 3.8) is 0 Å². The summed E-state index contributed by atoms with van der Waals surface area (Å²) in [5.41, 5.74) is 2.56. The fourth-order valence-corrected chi connectivity index (χ4v) is 2.19. The molecule has 14 heavy (non-hydrogen) atoms. The average molecular weight is 212 g/mol. The predicted octanol–water partition coefficient (Wildman–Crippen LogP) is 1.19. The zero-order chi connectivity index (χ0) is 9.80. The predicted molar refractivity (Wildman–Crippen MR) is 65.6 cm³/mol. The van der Waals surface area contributed by atoms with Gasteiger partial charge in [-0.25, -0.2) is 0 Å². The molecular formula is C10H17N2OP. The molecule has 78 valence electrons. The van der Waals surface area contributed by atoms with Gasteiger partial charge in [-0.15, -0.1) is 0 Å². The van der Waals surface area contributed by atoms with Crippen molar-refractivity contribution in [2.24, 2.45) is 0 Å². The zero-order valence-electron chi connectivity index (χ0n) is 8.49. The third-order valence-electron chi connectivity index (χ3n) is 2.53. The second-order valence-corrected chi connectivity index (χ2v) is 3.87. The standard InChI is InChI=1S/C10H17N2OP/c14-11-9-3-1-2-4-10(9)12-5-7-13-8-6-12/h1-4,11H,5-8H2,14H4. The van der Waals surface area contributed by atoms with Crippen LogP contribution in [0.15, 0.2) is 24.3 Å². The number of nitrogens with zero attached hydrogens (tertiary/aromatic N) is 1. The third-order valence-corrected chi connectivity index (χ3v) is 3.06. The number of hydrogen-bond acceptors (Lipinski definition) is 3. The maximum atomic E-state index is 5.34. The molecule has 1 aromatic rings. The third kappa shape index (κ3) is 1.99. The van der Waals surface area contributed by atoms with E-state index >= 15 is 0 Å². The van der Waals surface area contributed by atoms with E-state index in [4.69, 9.17) is 4.74 Å². The van der Waals surface area contributed by atoms with Gasteiger partial charge < -0.3 is 0 Å². The molecule has 0 saturated carbocycles. The molecule has 4 heteroatoms. The molecule has 3 nitrogen and oxygen atoms in total. The topological polar surface area (TPSA) is 24.5 Å². The van der Waals surface area contributed by atoms with Crippen LogP contribution < -0.4 is 9.99 Å². The molecule has 1 aromatic carbocycles. The number of rotatable bonds is 2. The van der Waals surface area contributed by atoms with Crippen LogP contribution in [0.25, 0.3) is 0 Å². The summed E-state index contributed by atoms with van der Waals surface area (Å²) in [4.78, 5) is 2.38. The summed E-state index contributed by atoms with van der Waals surface area (Å²) in [6.07, 6.45) is 0. The Morgan fingerprint density at radius 1 is 1.21 bits per heavy atom. The van der Waals surface area contributed by atoms with Crippen LogP contribution in [0.5, 0.6) is 0 Å². The Balaban J connectivity index is 2.20. The van der Waals surface area contributed by atoms with Crippen molar-refractivity contribution in [3.8, 4) is 0 Å². The van der Waals surface area contributed by atoms with Crippen molar-refractivity contribution in [2.75, 3.05) is 36.3 Å². The summed E-state index contributed by atoms with van der Waals surface area (Å²) in [5.74, 6) is 0. The SMILES string of the molecule is [PH4]Nc1ccccc1N1CCOCC1. The summed E-state index contributed by atoms with van der Waals surface area (Å²) in [6, 6.07) is 8.47. The molecule has 1 aliphatic rings. The number of hydrogen-bond donors (Lipinski definition) is 1. The van der Waals surface area contributed by atoms with E-state index in [0.717, 1.165) is 35.7 Å². The van der Waals surface area contributed by atoms with Gasteiger partial charge in [-0.3, -0.25) is 0 Å². The van der Waals surface area contributed by atoms with Crippen LogP contribution in [0.4, 0.5) is 11.4 Å². The van der Waals surface area contributed by atoms with Gasteiger partial charge in [0.05, 0.1) is 0 Å². The number of morpholine rings is 1. The van der Waals surface area contributed by atoms with Crippen molar-refractivity contribution >= 4 is 20.8 Å². The van der Waals surface area contributed by atoms with E-state index < -0.39 is 0 Å². The van der Waals surface area contributed by atoms with Crippen LogP contribution in [-0.4, -0.2) is 26.3 Å². The molecule has 1 aliphatic heterocycles. The maximum absolute atomic E-state index is 5.34. The molecular weight excluding hydrogens is 195 g/mol. The van der Waals surface area contributed by atoms with Gasteiger partial charge in [-0.1, -0.05) is 0 Å². The number of ether oxygens (including phenoxy) is 1. The fourth-order valence-electron chi connectivity index (χ4n) is 1.77. The number of para-hydroxylation sites is 2. The summed E-state index contributed by atoms with van der Waals surface area (Å²) < 4.78 is 5.34. The number of anilines is 2. The Labute approximate surface area is 86.7 Å². The zero-order valence-corrected chi connectivity index (χ0v) is 10.5. The molecule has 1 heterocycles. The number of nitrogens with one attached hydrogen (secondary N) is 1. The van der Waals surface area contributed by atoms with Crippen LogP contribution in [0.3, 0.4) is 0 Å². The van der Waals surface area contributed by atoms with Crippen molar-refractivity contribution in [1.29, 1.82) is 0 Å². The van der Waals surface area contributed by atoms with E-state index in [1.807, 2.05) is 0 Å². The van der Waals surface area contributed by atoms with Gasteiger partial charge in [-0.2, -0.15) is 0 Å². The molecule has 1 fully saturated rings. The first kappa shape index (κ1) is 9.75. The van der Waals surface area contributed by atoms with Crippen LogP contribution in [-0.2, 0) is 4.74 Å². The van der Waals surface area contributed by atoms with E-state index in [0.29, 0.717) is 0 Å². The molecule has 0 aromatic heterocycles. The fraction of sp³-hybridized carbons (Fsp3) is 0.400. The molecule has 0 radical (unpaired) electrons. The molecule has 0 aliphatic carbocycles. The van der Waals surface area contributed by atoms with Gasteiger partial charge in [0.2, 0.25) is 0 Å². The van der Waals surface area contributed by atoms with Gasteiger partial charge in [0, 0.05) is 0 Å². The summed E-state index contributed by atoms with van der Waals surface area (Å²) >= 11 is 0. The minimum atomic E-state index is 0.843. The first-order valence-electron chi connectivity index (χ1n) is 5.01. The molecule has 0 atom stereocenters. The van der Waals surface area contributed by atoms with Gasteiger partial charge in [-0.05, 0) is 0 Å². The molecule has 0 amide bonds. The molecule has 0 bridgehead atoms. The van der Waals surface area contributed by atoms with Gasteiger partial charge >= 0.3 is 86.1 Å². The van der Waals surface area contributed by atoms with Gasteiger partial charge in [0.1, 0.15) is 0 Å². The Morgan fingerprint density at radius 3 is 2.64 bits per heavy atom. The van der Waals surface area contributed by atoms with E-state index in [2.05, 4.69) is 34.3 Å². The van der Waals surface area contributed by atoms with Gasteiger partial charge in [0.15, 0.2) is 0 Å². The average Bonchev–Trinajstić information content (AvgIpc) is 2.30. The summed E-state index contributed by atoms with van der Waals surface area (Å²) in [7, 11) is 0.988. The summed E-state index contributed by atoms with van der Waals surface area (Å²) in [5, 5.41) is 3.35. The van der Waals surface area contributed by atoms with E-state index in [-0.39, 0.29) is 0 Å². The first-order chi connectivity index (χ1) is 6.92. The molecule has 1 N–H and O–H groups in total.